The van der Waals surface area contributed by atoms with E-state index in [1.54, 1.807) is 23.1 Å². The minimum Gasteiger partial charge on any atom is -0.454 e. The molecule has 0 spiro atoms. The van der Waals surface area contributed by atoms with E-state index in [2.05, 4.69) is 9.97 Å². The molecule has 0 atom stereocenters. The van der Waals surface area contributed by atoms with Gasteiger partial charge in [-0.3, -0.25) is 4.79 Å². The van der Waals surface area contributed by atoms with E-state index in [1.807, 2.05) is 0 Å². The van der Waals surface area contributed by atoms with Gasteiger partial charge in [-0.1, -0.05) is 11.8 Å². The van der Waals surface area contributed by atoms with Gasteiger partial charge in [0.15, 0.2) is 16.7 Å². The van der Waals surface area contributed by atoms with E-state index in [1.165, 1.54) is 0 Å². The van der Waals surface area contributed by atoms with Crippen LogP contribution in [0.5, 0.6) is 11.5 Å². The molecule has 7 nitrogen and oxygen atoms in total. The van der Waals surface area contributed by atoms with Crippen LogP contribution in [-0.2, 0) is 15.7 Å². The molecule has 11 heteroatoms. The molecule has 4 rings (SSSR count). The molecular formula is C19H18F3N3O4S. The summed E-state index contributed by atoms with van der Waals surface area (Å²) in [6.07, 6.45) is -4.43. The summed E-state index contributed by atoms with van der Waals surface area (Å²) >= 11 is 1.02. The SMILES string of the molecule is O=C(CCSc1nc(-c2ccc3c(c2)OCO3)cc(C(F)(F)F)n1)N1CCOCC1. The first-order chi connectivity index (χ1) is 14.4. The minimum atomic E-state index is -4.62. The standard InChI is InChI=1S/C19H18F3N3O4S/c20-19(21,22)16-10-13(12-1-2-14-15(9-12)29-11-28-14)23-18(24-16)30-8-3-17(26)25-4-6-27-7-5-25/h1-2,9-10H,3-8,11H2. The second kappa shape index (κ2) is 8.68. The van der Waals surface area contributed by atoms with E-state index in [0.717, 1.165) is 17.8 Å². The number of morpholine rings is 1. The van der Waals surface area contributed by atoms with Crippen molar-refractivity contribution in [3.63, 3.8) is 0 Å². The number of fused-ring (bicyclic) bond motifs is 1. The molecule has 0 N–H and O–H groups in total. The molecule has 2 aliphatic heterocycles. The first kappa shape index (κ1) is 20.7. The number of hydrogen-bond donors (Lipinski definition) is 0. The Kier molecular flexibility index (Phi) is 6.00. The van der Waals surface area contributed by atoms with E-state index in [-0.39, 0.29) is 35.7 Å². The first-order valence-corrected chi connectivity index (χ1v) is 10.2. The van der Waals surface area contributed by atoms with Gasteiger partial charge in [0, 0.05) is 30.8 Å². The Balaban J connectivity index is 1.51. The van der Waals surface area contributed by atoms with Gasteiger partial charge in [-0.25, -0.2) is 9.97 Å². The van der Waals surface area contributed by atoms with Gasteiger partial charge < -0.3 is 19.1 Å². The molecule has 0 aliphatic carbocycles. The number of rotatable bonds is 5. The molecule has 1 aromatic carbocycles. The molecule has 0 unspecified atom stereocenters. The Bertz CT molecular complexity index is 936. The van der Waals surface area contributed by atoms with Crippen LogP contribution in [0, 0.1) is 0 Å². The van der Waals surface area contributed by atoms with E-state index >= 15 is 0 Å². The molecule has 1 aromatic heterocycles. The lowest BCUT2D eigenvalue weighted by atomic mass is 10.1. The fourth-order valence-electron chi connectivity index (χ4n) is 3.04. The zero-order valence-corrected chi connectivity index (χ0v) is 16.6. The molecule has 2 aromatic rings. The Morgan fingerprint density at radius 2 is 1.87 bits per heavy atom. The summed E-state index contributed by atoms with van der Waals surface area (Å²) in [6.45, 7) is 2.10. The number of aromatic nitrogens is 2. The van der Waals surface area contributed by atoms with Gasteiger partial charge in [-0.05, 0) is 24.3 Å². The van der Waals surface area contributed by atoms with Gasteiger partial charge in [-0.15, -0.1) is 0 Å². The number of hydrogen-bond acceptors (Lipinski definition) is 7. The highest BCUT2D eigenvalue weighted by atomic mass is 32.2. The second-order valence-electron chi connectivity index (χ2n) is 6.58. The molecule has 1 amide bonds. The highest BCUT2D eigenvalue weighted by molar-refractivity contribution is 7.99. The maximum atomic E-state index is 13.4. The van der Waals surface area contributed by atoms with Crippen LogP contribution in [0.3, 0.4) is 0 Å². The summed E-state index contributed by atoms with van der Waals surface area (Å²) in [4.78, 5) is 21.8. The number of carbonyl (C=O) groups excluding carboxylic acids is 1. The van der Waals surface area contributed by atoms with Gasteiger partial charge in [0.2, 0.25) is 12.7 Å². The average molecular weight is 441 g/mol. The van der Waals surface area contributed by atoms with Crippen molar-refractivity contribution in [1.29, 1.82) is 0 Å². The predicted molar refractivity (Wildman–Crippen MR) is 101 cm³/mol. The van der Waals surface area contributed by atoms with Crippen LogP contribution < -0.4 is 9.47 Å². The summed E-state index contributed by atoms with van der Waals surface area (Å²) in [5.74, 6) is 1.19. The third-order valence-corrected chi connectivity index (χ3v) is 5.42. The third kappa shape index (κ3) is 4.78. The van der Waals surface area contributed by atoms with Crippen LogP contribution in [0.1, 0.15) is 12.1 Å². The fourth-order valence-corrected chi connectivity index (χ4v) is 3.82. The number of benzene rings is 1. The highest BCUT2D eigenvalue weighted by Gasteiger charge is 2.34. The summed E-state index contributed by atoms with van der Waals surface area (Å²) in [6, 6.07) is 5.73. The number of halogens is 3. The van der Waals surface area contributed by atoms with Crippen LogP contribution in [0.4, 0.5) is 13.2 Å². The summed E-state index contributed by atoms with van der Waals surface area (Å²) in [5, 5.41) is -0.0349. The summed E-state index contributed by atoms with van der Waals surface area (Å²) in [7, 11) is 0. The topological polar surface area (TPSA) is 73.8 Å². The smallest absolute Gasteiger partial charge is 0.433 e. The van der Waals surface area contributed by atoms with Gasteiger partial charge in [-0.2, -0.15) is 13.2 Å². The van der Waals surface area contributed by atoms with Crippen LogP contribution in [-0.4, -0.2) is 59.6 Å². The molecule has 0 radical (unpaired) electrons. The zero-order valence-electron chi connectivity index (χ0n) is 15.8. The molecule has 1 fully saturated rings. The summed E-state index contributed by atoms with van der Waals surface area (Å²) in [5.41, 5.74) is -0.455. The monoisotopic (exact) mass is 441 g/mol. The Labute approximate surface area is 174 Å². The molecule has 0 saturated carbocycles. The van der Waals surface area contributed by atoms with Gasteiger partial charge >= 0.3 is 6.18 Å². The number of amides is 1. The second-order valence-corrected chi connectivity index (χ2v) is 7.64. The quantitative estimate of drug-likeness (QED) is 0.521. The Morgan fingerprint density at radius 1 is 1.10 bits per heavy atom. The molecule has 0 bridgehead atoms. The van der Waals surface area contributed by atoms with Crippen molar-refractivity contribution in [1.82, 2.24) is 14.9 Å². The molecule has 30 heavy (non-hydrogen) atoms. The number of nitrogens with zero attached hydrogens (tertiary/aromatic N) is 3. The molecule has 1 saturated heterocycles. The lowest BCUT2D eigenvalue weighted by molar-refractivity contribution is -0.141. The number of alkyl halides is 3. The van der Waals surface area contributed by atoms with Crippen molar-refractivity contribution in [3.05, 3.63) is 30.0 Å². The van der Waals surface area contributed by atoms with Crippen molar-refractivity contribution in [2.75, 3.05) is 38.8 Å². The van der Waals surface area contributed by atoms with Crippen molar-refractivity contribution >= 4 is 17.7 Å². The van der Waals surface area contributed by atoms with E-state index in [4.69, 9.17) is 14.2 Å². The van der Waals surface area contributed by atoms with Gasteiger partial charge in [0.25, 0.3) is 0 Å². The van der Waals surface area contributed by atoms with Crippen LogP contribution >= 0.6 is 11.8 Å². The van der Waals surface area contributed by atoms with Crippen molar-refractivity contribution < 1.29 is 32.2 Å². The lowest BCUT2D eigenvalue weighted by Gasteiger charge is -2.26. The van der Waals surface area contributed by atoms with Crippen molar-refractivity contribution in [3.8, 4) is 22.8 Å². The maximum Gasteiger partial charge on any atom is 0.433 e. The van der Waals surface area contributed by atoms with Crippen LogP contribution in [0.25, 0.3) is 11.3 Å². The predicted octanol–water partition coefficient (Wildman–Crippen LogP) is 3.23. The molecule has 3 heterocycles. The van der Waals surface area contributed by atoms with E-state index in [0.29, 0.717) is 43.4 Å². The van der Waals surface area contributed by atoms with Crippen LogP contribution in [0.15, 0.2) is 29.4 Å². The molecule has 2 aliphatic rings. The largest absolute Gasteiger partial charge is 0.454 e. The minimum absolute atomic E-state index is 0.0349. The summed E-state index contributed by atoms with van der Waals surface area (Å²) < 4.78 is 55.8. The number of ether oxygens (including phenoxy) is 3. The number of carbonyl (C=O) groups is 1. The zero-order chi connectivity index (χ0) is 21.1. The van der Waals surface area contributed by atoms with E-state index in [9.17, 15) is 18.0 Å². The number of thioether (sulfide) groups is 1. The Hall–Kier alpha value is -2.53. The maximum absolute atomic E-state index is 13.4. The highest BCUT2D eigenvalue weighted by Crippen LogP contribution is 2.37. The van der Waals surface area contributed by atoms with Gasteiger partial charge in [0.05, 0.1) is 18.9 Å². The average Bonchev–Trinajstić information content (AvgIpc) is 3.21. The van der Waals surface area contributed by atoms with Gasteiger partial charge in [0.1, 0.15) is 5.69 Å². The first-order valence-electron chi connectivity index (χ1n) is 9.25. The molecular weight excluding hydrogens is 423 g/mol. The van der Waals surface area contributed by atoms with Crippen molar-refractivity contribution in [2.24, 2.45) is 0 Å². The third-order valence-electron chi connectivity index (χ3n) is 4.58. The normalized spacial score (nSPS) is 16.0. The molecule has 160 valence electrons. The fraction of sp³-hybridized carbons (Fsp3) is 0.421. The Morgan fingerprint density at radius 3 is 2.63 bits per heavy atom. The lowest BCUT2D eigenvalue weighted by Crippen LogP contribution is -2.40. The van der Waals surface area contributed by atoms with Crippen molar-refractivity contribution in [2.45, 2.75) is 17.8 Å². The van der Waals surface area contributed by atoms with Crippen LogP contribution in [0.2, 0.25) is 0 Å². The van der Waals surface area contributed by atoms with E-state index < -0.39 is 11.9 Å².